The van der Waals surface area contributed by atoms with Gasteiger partial charge in [0.1, 0.15) is 16.5 Å². The lowest BCUT2D eigenvalue weighted by molar-refractivity contribution is 0.0735. The van der Waals surface area contributed by atoms with Crippen LogP contribution in [-0.2, 0) is 13.0 Å². The van der Waals surface area contributed by atoms with Crippen LogP contribution in [0.1, 0.15) is 80.3 Å². The van der Waals surface area contributed by atoms with E-state index in [1.807, 2.05) is 79.6 Å². The molecule has 3 N–H and O–H groups in total. The first-order valence-corrected chi connectivity index (χ1v) is 15.9. The van der Waals surface area contributed by atoms with Gasteiger partial charge in [-0.25, -0.2) is 4.98 Å². The minimum atomic E-state index is -0.205. The molecule has 1 fully saturated rings. The molecular weight excluding hydrogens is 572 g/mol. The highest BCUT2D eigenvalue weighted by atomic mass is 32.1. The van der Waals surface area contributed by atoms with Gasteiger partial charge >= 0.3 is 0 Å². The largest absolute Gasteiger partial charge is 0.506 e. The van der Waals surface area contributed by atoms with Crippen LogP contribution < -0.4 is 15.4 Å². The van der Waals surface area contributed by atoms with E-state index in [9.17, 15) is 14.7 Å². The predicted octanol–water partition coefficient (Wildman–Crippen LogP) is 6.81. The van der Waals surface area contributed by atoms with Crippen LogP contribution in [-0.4, -0.2) is 46.5 Å². The number of thiazole rings is 1. The number of methoxy groups -OCH3 is 1. The molecule has 230 valence electrons. The summed E-state index contributed by atoms with van der Waals surface area (Å²) in [6.45, 7) is 7.09. The van der Waals surface area contributed by atoms with E-state index in [-0.39, 0.29) is 29.6 Å². The second-order valence-electron chi connectivity index (χ2n) is 11.5. The third-order valence-electron chi connectivity index (χ3n) is 7.94. The van der Waals surface area contributed by atoms with Crippen molar-refractivity contribution in [3.8, 4) is 11.5 Å². The molecule has 1 saturated heterocycles. The van der Waals surface area contributed by atoms with Gasteiger partial charge in [0, 0.05) is 41.3 Å². The summed E-state index contributed by atoms with van der Waals surface area (Å²) in [7, 11) is 1.64. The van der Waals surface area contributed by atoms with Gasteiger partial charge < -0.3 is 25.4 Å². The van der Waals surface area contributed by atoms with E-state index >= 15 is 0 Å². The zero-order chi connectivity index (χ0) is 31.2. The third-order valence-corrected chi connectivity index (χ3v) is 9.01. The molecule has 0 aliphatic carbocycles. The van der Waals surface area contributed by atoms with Gasteiger partial charge in [0.2, 0.25) is 0 Å². The highest BCUT2D eigenvalue weighted by Crippen LogP contribution is 2.35. The van der Waals surface area contributed by atoms with Crippen LogP contribution in [0, 0.1) is 13.8 Å². The molecular formula is C35H40N4O4S. The van der Waals surface area contributed by atoms with Gasteiger partial charge in [-0.2, -0.15) is 0 Å². The molecule has 1 aliphatic rings. The number of ether oxygens (including phenoxy) is 1. The van der Waals surface area contributed by atoms with E-state index in [0.29, 0.717) is 42.7 Å². The molecule has 1 aromatic heterocycles. The molecule has 3 aromatic carbocycles. The second kappa shape index (κ2) is 13.9. The van der Waals surface area contributed by atoms with Crippen LogP contribution in [0.5, 0.6) is 11.5 Å². The average Bonchev–Trinajstić information content (AvgIpc) is 3.68. The Bertz CT molecular complexity index is 1630. The van der Waals surface area contributed by atoms with Crippen molar-refractivity contribution in [1.29, 1.82) is 0 Å². The van der Waals surface area contributed by atoms with E-state index in [2.05, 4.69) is 15.6 Å². The average molecular weight is 613 g/mol. The van der Waals surface area contributed by atoms with Crippen LogP contribution >= 0.6 is 11.3 Å². The Labute approximate surface area is 263 Å². The summed E-state index contributed by atoms with van der Waals surface area (Å²) in [5.74, 6) is 0.708. The van der Waals surface area contributed by atoms with Gasteiger partial charge in [-0.1, -0.05) is 18.2 Å². The molecule has 2 atom stereocenters. The molecule has 0 bridgehead atoms. The van der Waals surface area contributed by atoms with Crippen LogP contribution in [0.15, 0.2) is 66.0 Å². The number of benzene rings is 3. The van der Waals surface area contributed by atoms with Crippen molar-refractivity contribution >= 4 is 28.8 Å². The number of aryl methyl sites for hydroxylation is 3. The monoisotopic (exact) mass is 612 g/mol. The maximum absolute atomic E-state index is 13.6. The summed E-state index contributed by atoms with van der Waals surface area (Å²) < 4.78 is 5.28. The Balaban J connectivity index is 1.16. The number of hydrogen-bond donors (Lipinski definition) is 3. The number of likely N-dealkylation sites (tertiary alicyclic amines) is 1. The van der Waals surface area contributed by atoms with Crippen molar-refractivity contribution in [3.63, 3.8) is 0 Å². The number of phenols is 1. The summed E-state index contributed by atoms with van der Waals surface area (Å²) in [4.78, 5) is 33.3. The molecule has 2 heterocycles. The van der Waals surface area contributed by atoms with Crippen molar-refractivity contribution in [2.45, 2.75) is 65.1 Å². The van der Waals surface area contributed by atoms with Crippen LogP contribution in [0.4, 0.5) is 5.69 Å². The van der Waals surface area contributed by atoms with Gasteiger partial charge in [-0.05, 0) is 106 Å². The highest BCUT2D eigenvalue weighted by molar-refractivity contribution is 7.09. The van der Waals surface area contributed by atoms with Gasteiger partial charge in [-0.3, -0.25) is 9.59 Å². The molecule has 4 aromatic rings. The zero-order valence-electron chi connectivity index (χ0n) is 25.7. The number of aromatic hydroxyl groups is 1. The quantitative estimate of drug-likeness (QED) is 0.161. The number of hydrogen-bond acceptors (Lipinski definition) is 7. The first-order chi connectivity index (χ1) is 21.2. The normalized spacial score (nSPS) is 15.2. The SMILES string of the molecule is COc1cccc(CNc2ccc(CC[C@H](C)NC(=O)c3cc(C)cc(C(=O)N4CCC[C@@H]4c4nc(C)cs4)c3)cc2O)c1. The lowest BCUT2D eigenvalue weighted by Gasteiger charge is -2.23. The maximum atomic E-state index is 13.6. The van der Waals surface area contributed by atoms with Crippen LogP contribution in [0.25, 0.3) is 0 Å². The summed E-state index contributed by atoms with van der Waals surface area (Å²) in [6, 6.07) is 18.7. The topological polar surface area (TPSA) is 104 Å². The minimum Gasteiger partial charge on any atom is -0.506 e. The van der Waals surface area contributed by atoms with E-state index < -0.39 is 0 Å². The van der Waals surface area contributed by atoms with E-state index in [1.165, 1.54) is 0 Å². The number of anilines is 1. The molecule has 2 amide bonds. The van der Waals surface area contributed by atoms with Crippen molar-refractivity contribution < 1.29 is 19.4 Å². The molecule has 44 heavy (non-hydrogen) atoms. The molecule has 9 heteroatoms. The molecule has 5 rings (SSSR count). The number of aromatic nitrogens is 1. The summed E-state index contributed by atoms with van der Waals surface area (Å²) in [5.41, 5.74) is 5.53. The van der Waals surface area contributed by atoms with Crippen molar-refractivity contribution in [2.75, 3.05) is 19.0 Å². The van der Waals surface area contributed by atoms with Gasteiger partial charge in [0.25, 0.3) is 11.8 Å². The number of rotatable bonds is 11. The summed E-state index contributed by atoms with van der Waals surface area (Å²) in [6.07, 6.45) is 3.22. The molecule has 0 unspecified atom stereocenters. The number of nitrogens with one attached hydrogen (secondary N) is 2. The minimum absolute atomic E-state index is 0.0173. The first kappa shape index (κ1) is 31.1. The molecule has 1 aliphatic heterocycles. The van der Waals surface area contributed by atoms with Crippen molar-refractivity contribution in [1.82, 2.24) is 15.2 Å². The molecule has 8 nitrogen and oxygen atoms in total. The fraction of sp³-hybridized carbons (Fsp3) is 0.343. The van der Waals surface area contributed by atoms with Crippen molar-refractivity contribution in [3.05, 3.63) is 105 Å². The lowest BCUT2D eigenvalue weighted by atomic mass is 10.0. The number of carbonyl (C=O) groups is 2. The van der Waals surface area contributed by atoms with Gasteiger partial charge in [-0.15, -0.1) is 11.3 Å². The van der Waals surface area contributed by atoms with Crippen molar-refractivity contribution in [2.24, 2.45) is 0 Å². The van der Waals surface area contributed by atoms with E-state index in [1.54, 1.807) is 30.6 Å². The fourth-order valence-electron chi connectivity index (χ4n) is 5.62. The standard InChI is InChI=1S/C35H40N4O4S/c1-22-15-27(19-28(16-22)35(42)39-14-6-9-31(39)34-38-24(3)21-44-34)33(41)37-23(2)10-11-25-12-13-30(32(40)18-25)36-20-26-7-5-8-29(17-26)43-4/h5,7-8,12-13,15-19,21,23,31,36,40H,6,9-11,14,20H2,1-4H3,(H,37,41)/t23-,31+/m0/s1. The highest BCUT2D eigenvalue weighted by Gasteiger charge is 2.33. The van der Waals surface area contributed by atoms with Gasteiger partial charge in [0.05, 0.1) is 18.8 Å². The van der Waals surface area contributed by atoms with Crippen LogP contribution in [0.3, 0.4) is 0 Å². The van der Waals surface area contributed by atoms with Crippen LogP contribution in [0.2, 0.25) is 0 Å². The van der Waals surface area contributed by atoms with E-state index in [4.69, 9.17) is 4.74 Å². The number of nitrogens with zero attached hydrogens (tertiary/aromatic N) is 2. The Morgan fingerprint density at radius 2 is 1.91 bits per heavy atom. The summed E-state index contributed by atoms with van der Waals surface area (Å²) in [5, 5.41) is 19.9. The van der Waals surface area contributed by atoms with E-state index in [0.717, 1.165) is 46.0 Å². The molecule has 0 radical (unpaired) electrons. The fourth-order valence-corrected chi connectivity index (χ4v) is 6.56. The summed E-state index contributed by atoms with van der Waals surface area (Å²) >= 11 is 1.60. The molecule has 0 spiro atoms. The van der Waals surface area contributed by atoms with Gasteiger partial charge in [0.15, 0.2) is 0 Å². The Morgan fingerprint density at radius 3 is 2.66 bits per heavy atom. The second-order valence-corrected chi connectivity index (χ2v) is 12.4. The third kappa shape index (κ3) is 7.58. The predicted molar refractivity (Wildman–Crippen MR) is 175 cm³/mol. The molecule has 0 saturated carbocycles. The Kier molecular flexibility index (Phi) is 9.85. The lowest BCUT2D eigenvalue weighted by Crippen LogP contribution is -2.34. The first-order valence-electron chi connectivity index (χ1n) is 15.0. The zero-order valence-corrected chi connectivity index (χ0v) is 26.5. The maximum Gasteiger partial charge on any atom is 0.254 e. The Hall–Kier alpha value is -4.37. The Morgan fingerprint density at radius 1 is 1.09 bits per heavy atom. The number of carbonyl (C=O) groups excluding carboxylic acids is 2. The smallest absolute Gasteiger partial charge is 0.254 e. The number of phenolic OH excluding ortho intramolecular Hbond substituents is 1. The number of amides is 2.